The fourth-order valence-corrected chi connectivity index (χ4v) is 3.04. The lowest BCUT2D eigenvalue weighted by Crippen LogP contribution is -2.31. The Labute approximate surface area is 114 Å². The van der Waals surface area contributed by atoms with Crippen LogP contribution in [-0.2, 0) is 0 Å². The summed E-state index contributed by atoms with van der Waals surface area (Å²) in [7, 11) is 0. The van der Waals surface area contributed by atoms with Crippen LogP contribution in [0.25, 0.3) is 0 Å². The van der Waals surface area contributed by atoms with Gasteiger partial charge in [0.15, 0.2) is 11.5 Å². The lowest BCUT2D eigenvalue weighted by Gasteiger charge is -2.31. The highest BCUT2D eigenvalue weighted by molar-refractivity contribution is 5.44. The number of benzene rings is 1. The fourth-order valence-electron chi connectivity index (χ4n) is 3.04. The molecule has 0 saturated heterocycles. The van der Waals surface area contributed by atoms with E-state index >= 15 is 0 Å². The summed E-state index contributed by atoms with van der Waals surface area (Å²) in [6.45, 7) is 1.24. The van der Waals surface area contributed by atoms with E-state index in [-0.39, 0.29) is 6.04 Å². The van der Waals surface area contributed by atoms with Crippen molar-refractivity contribution < 1.29 is 9.47 Å². The smallest absolute Gasteiger partial charge is 0.161 e. The molecule has 0 radical (unpaired) electrons. The van der Waals surface area contributed by atoms with Gasteiger partial charge in [0.25, 0.3) is 0 Å². The Morgan fingerprint density at radius 3 is 2.42 bits per heavy atom. The van der Waals surface area contributed by atoms with Crippen molar-refractivity contribution in [2.45, 2.75) is 37.8 Å². The van der Waals surface area contributed by atoms with Gasteiger partial charge in [-0.25, -0.2) is 0 Å². The Bertz CT molecular complexity index is 442. The van der Waals surface area contributed by atoms with Gasteiger partial charge in [0.2, 0.25) is 0 Å². The van der Waals surface area contributed by atoms with Crippen LogP contribution in [-0.4, -0.2) is 19.3 Å². The van der Waals surface area contributed by atoms with E-state index in [0.29, 0.717) is 25.2 Å². The first kappa shape index (κ1) is 12.8. The molecular formula is C15H22N2O2. The first-order valence-electron chi connectivity index (χ1n) is 7.15. The third-order valence-electron chi connectivity index (χ3n) is 4.28. The van der Waals surface area contributed by atoms with Crippen molar-refractivity contribution >= 4 is 0 Å². The van der Waals surface area contributed by atoms with Crippen molar-refractivity contribution in [3.63, 3.8) is 0 Å². The minimum atomic E-state index is 0.0725. The molecule has 0 bridgehead atoms. The van der Waals surface area contributed by atoms with Crippen LogP contribution in [0.2, 0.25) is 0 Å². The summed E-state index contributed by atoms with van der Waals surface area (Å²) in [6.07, 6.45) is 4.42. The Morgan fingerprint density at radius 1 is 1.00 bits per heavy atom. The maximum atomic E-state index is 6.41. The lowest BCUT2D eigenvalue weighted by atomic mass is 9.80. The zero-order valence-corrected chi connectivity index (χ0v) is 11.2. The normalized spacial score (nSPS) is 27.9. The molecule has 0 spiro atoms. The van der Waals surface area contributed by atoms with E-state index in [0.717, 1.165) is 42.7 Å². The standard InChI is InChI=1S/C15H22N2O2/c16-12-4-1-10(2-5-12)15(17)11-3-6-13-14(9-11)19-8-7-18-13/h3,6,9-10,12,15H,1-2,4-5,7-8,16-17H2. The average Bonchev–Trinajstić information content (AvgIpc) is 2.47. The summed E-state index contributed by atoms with van der Waals surface area (Å²) in [6, 6.07) is 6.51. The van der Waals surface area contributed by atoms with E-state index in [1.807, 2.05) is 12.1 Å². The van der Waals surface area contributed by atoms with Crippen molar-refractivity contribution in [2.75, 3.05) is 13.2 Å². The van der Waals surface area contributed by atoms with Gasteiger partial charge >= 0.3 is 0 Å². The second-order valence-corrected chi connectivity index (χ2v) is 5.60. The molecule has 1 aliphatic carbocycles. The molecule has 19 heavy (non-hydrogen) atoms. The van der Waals surface area contributed by atoms with Gasteiger partial charge in [-0.3, -0.25) is 0 Å². The molecule has 1 heterocycles. The van der Waals surface area contributed by atoms with Crippen molar-refractivity contribution in [1.82, 2.24) is 0 Å². The molecule has 3 rings (SSSR count). The Morgan fingerprint density at radius 2 is 1.68 bits per heavy atom. The quantitative estimate of drug-likeness (QED) is 0.855. The van der Waals surface area contributed by atoms with Crippen LogP contribution >= 0.6 is 0 Å². The molecule has 0 aromatic heterocycles. The van der Waals surface area contributed by atoms with E-state index in [1.54, 1.807) is 0 Å². The third-order valence-corrected chi connectivity index (χ3v) is 4.28. The van der Waals surface area contributed by atoms with Gasteiger partial charge in [-0.15, -0.1) is 0 Å². The van der Waals surface area contributed by atoms with Gasteiger partial charge in [-0.2, -0.15) is 0 Å². The average molecular weight is 262 g/mol. The van der Waals surface area contributed by atoms with Crippen LogP contribution in [0.4, 0.5) is 0 Å². The fraction of sp³-hybridized carbons (Fsp3) is 0.600. The minimum Gasteiger partial charge on any atom is -0.486 e. The predicted octanol–water partition coefficient (Wildman–Crippen LogP) is 1.98. The van der Waals surface area contributed by atoms with Crippen molar-refractivity contribution in [1.29, 1.82) is 0 Å². The maximum Gasteiger partial charge on any atom is 0.161 e. The van der Waals surface area contributed by atoms with E-state index < -0.39 is 0 Å². The third kappa shape index (κ3) is 2.69. The summed E-state index contributed by atoms with van der Waals surface area (Å²) >= 11 is 0. The van der Waals surface area contributed by atoms with Gasteiger partial charge < -0.3 is 20.9 Å². The Hall–Kier alpha value is -1.26. The number of fused-ring (bicyclic) bond motifs is 1. The largest absolute Gasteiger partial charge is 0.486 e. The second-order valence-electron chi connectivity index (χ2n) is 5.60. The van der Waals surface area contributed by atoms with Gasteiger partial charge in [0.1, 0.15) is 13.2 Å². The topological polar surface area (TPSA) is 70.5 Å². The van der Waals surface area contributed by atoms with Crippen LogP contribution in [0.15, 0.2) is 18.2 Å². The number of hydrogen-bond donors (Lipinski definition) is 2. The van der Waals surface area contributed by atoms with Crippen LogP contribution in [0.5, 0.6) is 11.5 Å². The van der Waals surface area contributed by atoms with E-state index in [9.17, 15) is 0 Å². The zero-order valence-electron chi connectivity index (χ0n) is 11.2. The van der Waals surface area contributed by atoms with Gasteiger partial charge in [-0.05, 0) is 49.3 Å². The van der Waals surface area contributed by atoms with Crippen molar-refractivity contribution in [3.05, 3.63) is 23.8 Å². The van der Waals surface area contributed by atoms with Crippen LogP contribution in [0, 0.1) is 5.92 Å². The highest BCUT2D eigenvalue weighted by Crippen LogP contribution is 2.37. The molecule has 1 unspecified atom stereocenters. The van der Waals surface area contributed by atoms with Crippen molar-refractivity contribution in [3.8, 4) is 11.5 Å². The van der Waals surface area contributed by atoms with Gasteiger partial charge in [0, 0.05) is 12.1 Å². The maximum absolute atomic E-state index is 6.41. The lowest BCUT2D eigenvalue weighted by molar-refractivity contribution is 0.171. The molecule has 1 aromatic rings. The summed E-state index contributed by atoms with van der Waals surface area (Å²) in [5.41, 5.74) is 13.5. The van der Waals surface area contributed by atoms with E-state index in [4.69, 9.17) is 20.9 Å². The van der Waals surface area contributed by atoms with Crippen LogP contribution in [0.3, 0.4) is 0 Å². The molecule has 1 aromatic carbocycles. The zero-order chi connectivity index (χ0) is 13.2. The monoisotopic (exact) mass is 262 g/mol. The summed E-state index contributed by atoms with van der Waals surface area (Å²) in [5.74, 6) is 2.18. The molecule has 0 amide bonds. The second kappa shape index (κ2) is 5.39. The van der Waals surface area contributed by atoms with Crippen molar-refractivity contribution in [2.24, 2.45) is 17.4 Å². The molecule has 104 valence electrons. The molecule has 1 fully saturated rings. The van der Waals surface area contributed by atoms with E-state index in [2.05, 4.69) is 6.07 Å². The summed E-state index contributed by atoms with van der Waals surface area (Å²) in [5, 5.41) is 0. The molecule has 1 aliphatic heterocycles. The highest BCUT2D eigenvalue weighted by Gasteiger charge is 2.25. The molecular weight excluding hydrogens is 240 g/mol. The summed E-state index contributed by atoms with van der Waals surface area (Å²) < 4.78 is 11.2. The highest BCUT2D eigenvalue weighted by atomic mass is 16.6. The number of nitrogens with two attached hydrogens (primary N) is 2. The first-order valence-corrected chi connectivity index (χ1v) is 7.15. The number of hydrogen-bond acceptors (Lipinski definition) is 4. The predicted molar refractivity (Wildman–Crippen MR) is 74.3 cm³/mol. The SMILES string of the molecule is NC1CCC(C(N)c2ccc3c(c2)OCCO3)CC1. The molecule has 1 atom stereocenters. The molecule has 2 aliphatic rings. The number of ether oxygens (including phenoxy) is 2. The van der Waals surface area contributed by atoms with Gasteiger partial charge in [0.05, 0.1) is 0 Å². The van der Waals surface area contributed by atoms with Crippen LogP contribution < -0.4 is 20.9 Å². The molecule has 4 heteroatoms. The molecule has 1 saturated carbocycles. The Kier molecular flexibility index (Phi) is 3.62. The summed E-state index contributed by atoms with van der Waals surface area (Å²) in [4.78, 5) is 0. The van der Waals surface area contributed by atoms with Gasteiger partial charge in [-0.1, -0.05) is 6.07 Å². The molecule has 4 N–H and O–H groups in total. The van der Waals surface area contributed by atoms with Crippen LogP contribution in [0.1, 0.15) is 37.3 Å². The Balaban J connectivity index is 1.74. The minimum absolute atomic E-state index is 0.0725. The van der Waals surface area contributed by atoms with E-state index in [1.165, 1.54) is 0 Å². The first-order chi connectivity index (χ1) is 9.24. The number of rotatable bonds is 2. The molecule has 4 nitrogen and oxygen atoms in total.